The zero-order valence-corrected chi connectivity index (χ0v) is 8.59. The molecule has 0 N–H and O–H groups in total. The minimum Gasteiger partial charge on any atom is -0.341 e. The van der Waals surface area contributed by atoms with E-state index in [2.05, 4.69) is 4.98 Å². The lowest BCUT2D eigenvalue weighted by molar-refractivity contribution is -0.131. The summed E-state index contributed by atoms with van der Waals surface area (Å²) in [6.07, 6.45) is 5.96. The molecule has 1 saturated carbocycles. The first-order valence-electron chi connectivity index (χ1n) is 4.93. The zero-order valence-electron chi connectivity index (χ0n) is 8.59. The molecule has 15 heavy (non-hydrogen) atoms. The smallest absolute Gasteiger partial charge is 0.242 e. The van der Waals surface area contributed by atoms with Crippen molar-refractivity contribution in [3.63, 3.8) is 0 Å². The number of aromatic nitrogens is 2. The monoisotopic (exact) mass is 207 g/mol. The second kappa shape index (κ2) is 3.84. The molecule has 0 aromatic carbocycles. The van der Waals surface area contributed by atoms with Gasteiger partial charge in [-0.2, -0.15) is 0 Å². The molecule has 80 valence electrons. The molecule has 1 aliphatic rings. The van der Waals surface area contributed by atoms with Crippen molar-refractivity contribution >= 4 is 12.2 Å². The maximum absolute atomic E-state index is 11.7. The minimum atomic E-state index is 0.0624. The molecule has 0 aliphatic heterocycles. The van der Waals surface area contributed by atoms with Crippen molar-refractivity contribution in [2.45, 2.75) is 25.4 Å². The molecule has 1 amide bonds. The Balaban J connectivity index is 1.95. The molecule has 1 heterocycles. The first-order chi connectivity index (χ1) is 7.20. The van der Waals surface area contributed by atoms with Gasteiger partial charge in [-0.25, -0.2) is 4.98 Å². The van der Waals surface area contributed by atoms with E-state index in [1.165, 1.54) is 6.33 Å². The predicted molar refractivity (Wildman–Crippen MR) is 53.4 cm³/mol. The molecule has 1 aliphatic carbocycles. The van der Waals surface area contributed by atoms with Crippen LogP contribution in [-0.2, 0) is 11.3 Å². The number of hydrogen-bond donors (Lipinski definition) is 0. The van der Waals surface area contributed by atoms with Crippen LogP contribution in [-0.4, -0.2) is 39.7 Å². The molecule has 5 nitrogen and oxygen atoms in total. The Labute approximate surface area is 87.7 Å². The van der Waals surface area contributed by atoms with Crippen molar-refractivity contribution in [2.24, 2.45) is 0 Å². The summed E-state index contributed by atoms with van der Waals surface area (Å²) in [7, 11) is 1.82. The van der Waals surface area contributed by atoms with Crippen molar-refractivity contribution in [1.29, 1.82) is 0 Å². The lowest BCUT2D eigenvalue weighted by Crippen LogP contribution is -2.31. The van der Waals surface area contributed by atoms with Crippen molar-refractivity contribution in [3.8, 4) is 0 Å². The first-order valence-corrected chi connectivity index (χ1v) is 4.93. The second-order valence-corrected chi connectivity index (χ2v) is 3.82. The van der Waals surface area contributed by atoms with Gasteiger partial charge in [0.05, 0.1) is 6.33 Å². The lowest BCUT2D eigenvalue weighted by Gasteiger charge is -2.16. The lowest BCUT2D eigenvalue weighted by atomic mass is 10.4. The summed E-state index contributed by atoms with van der Waals surface area (Å²) in [6, 6.07) is 0.423. The molecular formula is C10H13N3O2. The molecule has 0 bridgehead atoms. The third-order valence-corrected chi connectivity index (χ3v) is 2.58. The van der Waals surface area contributed by atoms with Crippen LogP contribution in [0, 0.1) is 0 Å². The van der Waals surface area contributed by atoms with Crippen LogP contribution >= 0.6 is 0 Å². The van der Waals surface area contributed by atoms with E-state index in [9.17, 15) is 9.59 Å². The van der Waals surface area contributed by atoms with Gasteiger partial charge in [0, 0.05) is 19.3 Å². The van der Waals surface area contributed by atoms with Crippen LogP contribution in [0.2, 0.25) is 0 Å². The fraction of sp³-hybridized carbons (Fsp3) is 0.500. The number of carbonyl (C=O) groups excluding carboxylic acids is 2. The predicted octanol–water partition coefficient (Wildman–Crippen LogP) is 0.316. The Hall–Kier alpha value is -1.65. The summed E-state index contributed by atoms with van der Waals surface area (Å²) < 4.78 is 1.63. The van der Waals surface area contributed by atoms with Gasteiger partial charge in [0.1, 0.15) is 12.2 Å². The van der Waals surface area contributed by atoms with Gasteiger partial charge in [0.15, 0.2) is 6.29 Å². The third-order valence-electron chi connectivity index (χ3n) is 2.58. The number of amides is 1. The number of imidazole rings is 1. The van der Waals surface area contributed by atoms with Crippen LogP contribution in [0.25, 0.3) is 0 Å². The average molecular weight is 207 g/mol. The van der Waals surface area contributed by atoms with Crippen LogP contribution in [0.1, 0.15) is 23.3 Å². The van der Waals surface area contributed by atoms with Crippen LogP contribution in [0.15, 0.2) is 12.5 Å². The van der Waals surface area contributed by atoms with E-state index in [4.69, 9.17) is 0 Å². The number of carbonyl (C=O) groups is 2. The topological polar surface area (TPSA) is 55.2 Å². The van der Waals surface area contributed by atoms with Crippen LogP contribution in [0.5, 0.6) is 0 Å². The highest BCUT2D eigenvalue weighted by Crippen LogP contribution is 2.25. The largest absolute Gasteiger partial charge is 0.341 e. The Bertz CT molecular complexity index is 382. The molecule has 1 fully saturated rings. The molecule has 0 spiro atoms. The molecule has 0 unspecified atom stereocenters. The van der Waals surface area contributed by atoms with Crippen LogP contribution in [0.4, 0.5) is 0 Å². The number of hydrogen-bond acceptors (Lipinski definition) is 3. The molecule has 0 atom stereocenters. The van der Waals surface area contributed by atoms with Gasteiger partial charge in [0.2, 0.25) is 5.91 Å². The van der Waals surface area contributed by atoms with Gasteiger partial charge in [-0.05, 0) is 12.8 Å². The Morgan fingerprint density at radius 3 is 3.00 bits per heavy atom. The Morgan fingerprint density at radius 1 is 1.73 bits per heavy atom. The van der Waals surface area contributed by atoms with Gasteiger partial charge in [-0.15, -0.1) is 0 Å². The summed E-state index contributed by atoms with van der Waals surface area (Å²) in [5.41, 5.74) is 0.358. The van der Waals surface area contributed by atoms with E-state index >= 15 is 0 Å². The quantitative estimate of drug-likeness (QED) is 0.668. The maximum atomic E-state index is 11.7. The standard InChI is InChI=1S/C10H13N3O2/c1-12(9-2-3-9)10(15)5-13-4-8(6-14)11-7-13/h4,6-7,9H,2-3,5H2,1H3. The number of nitrogens with zero attached hydrogens (tertiary/aromatic N) is 3. The van der Waals surface area contributed by atoms with E-state index < -0.39 is 0 Å². The van der Waals surface area contributed by atoms with E-state index in [0.717, 1.165) is 12.8 Å². The Kier molecular flexibility index (Phi) is 2.53. The SMILES string of the molecule is CN(C(=O)Cn1cnc(C=O)c1)C1CC1. The van der Waals surface area contributed by atoms with Crippen molar-refractivity contribution < 1.29 is 9.59 Å². The first kappa shape index (κ1) is 9.89. The third kappa shape index (κ3) is 2.23. The summed E-state index contributed by atoms with van der Waals surface area (Å²) in [6.45, 7) is 0.258. The van der Waals surface area contributed by atoms with Crippen LogP contribution in [0.3, 0.4) is 0 Å². The molecule has 5 heteroatoms. The molecule has 0 saturated heterocycles. The van der Waals surface area contributed by atoms with Gasteiger partial charge in [-0.1, -0.05) is 0 Å². The molecule has 2 rings (SSSR count). The molecule has 1 aromatic rings. The highest BCUT2D eigenvalue weighted by molar-refractivity contribution is 5.77. The normalized spacial score (nSPS) is 15.0. The zero-order chi connectivity index (χ0) is 10.8. The van der Waals surface area contributed by atoms with Gasteiger partial charge in [0.25, 0.3) is 0 Å². The average Bonchev–Trinajstić information content (AvgIpc) is 2.98. The van der Waals surface area contributed by atoms with E-state index in [0.29, 0.717) is 18.0 Å². The van der Waals surface area contributed by atoms with Crippen molar-refractivity contribution in [3.05, 3.63) is 18.2 Å². The number of likely N-dealkylation sites (N-methyl/N-ethyl adjacent to an activating group) is 1. The fourth-order valence-corrected chi connectivity index (χ4v) is 1.46. The highest BCUT2D eigenvalue weighted by Gasteiger charge is 2.29. The van der Waals surface area contributed by atoms with Gasteiger partial charge in [-0.3, -0.25) is 9.59 Å². The second-order valence-electron chi connectivity index (χ2n) is 3.82. The summed E-state index contributed by atoms with van der Waals surface area (Å²) >= 11 is 0. The Morgan fingerprint density at radius 2 is 2.47 bits per heavy atom. The van der Waals surface area contributed by atoms with Crippen molar-refractivity contribution in [1.82, 2.24) is 14.5 Å². The minimum absolute atomic E-state index is 0.0624. The molecule has 0 radical (unpaired) electrons. The summed E-state index contributed by atoms with van der Waals surface area (Å²) in [5, 5.41) is 0. The fourth-order valence-electron chi connectivity index (χ4n) is 1.46. The highest BCUT2D eigenvalue weighted by atomic mass is 16.2. The number of aldehydes is 1. The van der Waals surface area contributed by atoms with Gasteiger partial charge < -0.3 is 9.47 Å². The maximum Gasteiger partial charge on any atom is 0.242 e. The van der Waals surface area contributed by atoms with E-state index in [1.807, 2.05) is 7.05 Å². The number of rotatable bonds is 4. The summed E-state index contributed by atoms with van der Waals surface area (Å²) in [5.74, 6) is 0.0624. The van der Waals surface area contributed by atoms with E-state index in [1.54, 1.807) is 15.7 Å². The van der Waals surface area contributed by atoms with Gasteiger partial charge >= 0.3 is 0 Å². The summed E-state index contributed by atoms with van der Waals surface area (Å²) in [4.78, 5) is 27.7. The van der Waals surface area contributed by atoms with Crippen LogP contribution < -0.4 is 0 Å². The van der Waals surface area contributed by atoms with E-state index in [-0.39, 0.29) is 12.5 Å². The molecular weight excluding hydrogens is 194 g/mol. The van der Waals surface area contributed by atoms with Crippen molar-refractivity contribution in [2.75, 3.05) is 7.05 Å². The molecule has 1 aromatic heterocycles.